The van der Waals surface area contributed by atoms with Gasteiger partial charge < -0.3 is 60.3 Å². The zero-order valence-corrected chi connectivity index (χ0v) is 17.1. The van der Waals surface area contributed by atoms with Crippen molar-refractivity contribution in [3.05, 3.63) is 48.8 Å². The molecule has 4 nitrogen and oxygen atoms in total. The van der Waals surface area contributed by atoms with Crippen LogP contribution in [0.1, 0.15) is 0 Å². The third-order valence-electron chi connectivity index (χ3n) is 1.79. The van der Waals surface area contributed by atoms with Crippen molar-refractivity contribution in [3.8, 4) is 0 Å². The SMILES string of the molecule is S=C([S-])Nc1ccccn1.S=C([S-])Nc1ccccn1.[Zn+2]. The fourth-order valence-corrected chi connectivity index (χ4v) is 1.50. The van der Waals surface area contributed by atoms with Crippen molar-refractivity contribution in [2.24, 2.45) is 0 Å². The maximum atomic E-state index is 4.64. The molecular formula is C12H10N4S4Zn. The van der Waals surface area contributed by atoms with E-state index in [-0.39, 0.29) is 19.5 Å². The van der Waals surface area contributed by atoms with Gasteiger partial charge >= 0.3 is 19.5 Å². The summed E-state index contributed by atoms with van der Waals surface area (Å²) in [4.78, 5) is 7.91. The molecule has 0 fully saturated rings. The van der Waals surface area contributed by atoms with Crippen molar-refractivity contribution in [1.29, 1.82) is 0 Å². The molecule has 0 aromatic carbocycles. The summed E-state index contributed by atoms with van der Waals surface area (Å²) < 4.78 is 0.636. The van der Waals surface area contributed by atoms with Gasteiger partial charge in [0.1, 0.15) is 11.6 Å². The maximum absolute atomic E-state index is 4.64. The van der Waals surface area contributed by atoms with Crippen molar-refractivity contribution in [1.82, 2.24) is 9.97 Å². The van der Waals surface area contributed by atoms with Crippen LogP contribution in [0.5, 0.6) is 0 Å². The zero-order chi connectivity index (χ0) is 14.8. The quantitative estimate of drug-likeness (QED) is 0.451. The Balaban J connectivity index is 0.000000364. The van der Waals surface area contributed by atoms with Gasteiger partial charge in [-0.05, 0) is 24.3 Å². The van der Waals surface area contributed by atoms with E-state index in [0.29, 0.717) is 20.3 Å². The molecule has 0 aliphatic heterocycles. The van der Waals surface area contributed by atoms with Crippen LogP contribution in [0.25, 0.3) is 0 Å². The molecule has 0 bridgehead atoms. The fraction of sp³-hybridized carbons (Fsp3) is 0. The summed E-state index contributed by atoms with van der Waals surface area (Å²) in [5.41, 5.74) is 0. The van der Waals surface area contributed by atoms with E-state index in [1.54, 1.807) is 24.5 Å². The second-order valence-electron chi connectivity index (χ2n) is 3.25. The molecule has 0 saturated heterocycles. The number of rotatable bonds is 2. The van der Waals surface area contributed by atoms with Gasteiger partial charge in [0.05, 0.1) is 0 Å². The molecule has 0 aliphatic rings. The predicted molar refractivity (Wildman–Crippen MR) is 95.6 cm³/mol. The third kappa shape index (κ3) is 10.5. The van der Waals surface area contributed by atoms with Crippen LogP contribution in [0.4, 0.5) is 11.6 Å². The van der Waals surface area contributed by atoms with E-state index in [4.69, 9.17) is 0 Å². The monoisotopic (exact) mass is 402 g/mol. The number of aromatic nitrogens is 2. The van der Waals surface area contributed by atoms with Crippen LogP contribution in [0, 0.1) is 0 Å². The molecule has 0 saturated carbocycles. The fourth-order valence-electron chi connectivity index (χ4n) is 1.08. The largest absolute Gasteiger partial charge is 2.00 e. The van der Waals surface area contributed by atoms with Gasteiger partial charge in [-0.15, -0.1) is 0 Å². The maximum Gasteiger partial charge on any atom is 2.00 e. The zero-order valence-electron chi connectivity index (χ0n) is 10.9. The van der Waals surface area contributed by atoms with Crippen LogP contribution in [-0.2, 0) is 44.7 Å². The van der Waals surface area contributed by atoms with E-state index < -0.39 is 0 Å². The Hall–Kier alpha value is -0.857. The molecule has 2 heterocycles. The number of hydrogen-bond donors (Lipinski definition) is 2. The van der Waals surface area contributed by atoms with Gasteiger partial charge in [-0.1, -0.05) is 20.8 Å². The smallest absolute Gasteiger partial charge is 0.411 e. The number of hydrogen-bond acceptors (Lipinski definition) is 6. The summed E-state index contributed by atoms with van der Waals surface area (Å²) in [5, 5.41) is 5.48. The summed E-state index contributed by atoms with van der Waals surface area (Å²) in [5.74, 6) is 1.39. The Bertz CT molecular complexity index is 502. The van der Waals surface area contributed by atoms with Gasteiger partial charge in [0.2, 0.25) is 0 Å². The molecule has 0 atom stereocenters. The summed E-state index contributed by atoms with van der Waals surface area (Å²) in [6.07, 6.45) is 3.35. The van der Waals surface area contributed by atoms with Crippen LogP contribution in [0.15, 0.2) is 48.8 Å². The average Bonchev–Trinajstić information content (AvgIpc) is 2.40. The molecule has 9 heteroatoms. The number of anilines is 2. The van der Waals surface area contributed by atoms with Gasteiger partial charge in [-0.25, -0.2) is 9.97 Å². The number of thiocarbonyl (C=S) groups is 2. The van der Waals surface area contributed by atoms with Crippen molar-refractivity contribution in [2.45, 2.75) is 0 Å². The van der Waals surface area contributed by atoms with E-state index >= 15 is 0 Å². The summed E-state index contributed by atoms with van der Waals surface area (Å²) in [6.45, 7) is 0. The third-order valence-corrected chi connectivity index (χ3v) is 2.20. The average molecular weight is 404 g/mol. The molecule has 0 spiro atoms. The Kier molecular flexibility index (Phi) is 11.3. The van der Waals surface area contributed by atoms with Crippen molar-refractivity contribution >= 4 is 70.0 Å². The van der Waals surface area contributed by atoms with Crippen LogP contribution in [-0.4, -0.2) is 18.6 Å². The minimum absolute atomic E-state index is 0. The number of nitrogens with one attached hydrogen (secondary N) is 2. The second-order valence-corrected chi connectivity index (χ2v) is 5.40. The summed E-state index contributed by atoms with van der Waals surface area (Å²) in [7, 11) is 0. The summed E-state index contributed by atoms with van der Waals surface area (Å²) in [6, 6.07) is 11.0. The van der Waals surface area contributed by atoms with Crippen LogP contribution in [0.2, 0.25) is 0 Å². The molecule has 2 aromatic heterocycles. The predicted octanol–water partition coefficient (Wildman–Crippen LogP) is 2.65. The molecule has 0 aliphatic carbocycles. The Morgan fingerprint density at radius 2 is 1.19 bits per heavy atom. The molecule has 2 aromatic rings. The van der Waals surface area contributed by atoms with E-state index in [1.165, 1.54) is 0 Å². The van der Waals surface area contributed by atoms with Gasteiger partial charge in [-0.2, -0.15) is 0 Å². The Morgan fingerprint density at radius 1 is 0.810 bits per heavy atom. The standard InChI is InChI=1S/2C6H6N2S2.Zn/c2*9-6(10)8-5-3-1-2-4-7-5;/h2*1-4H,(H2,7,8,9,10);/q;;+2/p-2. The molecular weight excluding hydrogens is 394 g/mol. The molecule has 2 N–H and O–H groups in total. The molecule has 21 heavy (non-hydrogen) atoms. The normalized spacial score (nSPS) is 8.38. The van der Waals surface area contributed by atoms with Gasteiger partial charge in [0, 0.05) is 12.4 Å². The van der Waals surface area contributed by atoms with Crippen molar-refractivity contribution < 1.29 is 19.5 Å². The molecule has 104 valence electrons. The minimum atomic E-state index is 0. The van der Waals surface area contributed by atoms with E-state index in [0.717, 1.165) is 0 Å². The van der Waals surface area contributed by atoms with E-state index in [9.17, 15) is 0 Å². The topological polar surface area (TPSA) is 49.8 Å². The minimum Gasteiger partial charge on any atom is -0.411 e. The first kappa shape index (κ1) is 20.1. The molecule has 2 rings (SSSR count). The van der Waals surface area contributed by atoms with Crippen molar-refractivity contribution in [2.75, 3.05) is 10.6 Å². The first-order valence-electron chi connectivity index (χ1n) is 5.36. The van der Waals surface area contributed by atoms with E-state index in [2.05, 4.69) is 70.3 Å². The van der Waals surface area contributed by atoms with E-state index in [1.807, 2.05) is 24.3 Å². The number of pyridine rings is 2. The van der Waals surface area contributed by atoms with Crippen molar-refractivity contribution in [3.63, 3.8) is 0 Å². The van der Waals surface area contributed by atoms with Crippen LogP contribution >= 0.6 is 24.4 Å². The molecule has 0 amide bonds. The van der Waals surface area contributed by atoms with Gasteiger partial charge in [0.15, 0.2) is 0 Å². The van der Waals surface area contributed by atoms with Gasteiger partial charge in [-0.3, -0.25) is 0 Å². The second kappa shape index (κ2) is 11.8. The first-order chi connectivity index (χ1) is 9.58. The van der Waals surface area contributed by atoms with Gasteiger partial charge in [0.25, 0.3) is 0 Å². The Morgan fingerprint density at radius 3 is 1.43 bits per heavy atom. The molecule has 0 radical (unpaired) electrons. The number of nitrogens with zero attached hydrogens (tertiary/aromatic N) is 2. The summed E-state index contributed by atoms with van der Waals surface area (Å²) >= 11 is 18.6. The molecule has 0 unspecified atom stereocenters. The first-order valence-corrected chi connectivity index (χ1v) is 6.99. The van der Waals surface area contributed by atoms with Crippen LogP contribution in [0.3, 0.4) is 0 Å². The Labute approximate surface area is 158 Å². The van der Waals surface area contributed by atoms with Crippen LogP contribution < -0.4 is 10.6 Å².